The Labute approximate surface area is 66.1 Å². The summed E-state index contributed by atoms with van der Waals surface area (Å²) >= 11 is 0. The maximum Gasteiger partial charge on any atom is 0.123 e. The molecule has 0 radical (unpaired) electrons. The van der Waals surface area contributed by atoms with Crippen LogP contribution >= 0.6 is 0 Å². The highest BCUT2D eigenvalue weighted by Gasteiger charge is 2.33. The van der Waals surface area contributed by atoms with E-state index in [9.17, 15) is 4.39 Å². The minimum atomic E-state index is -0.137. The molecule has 0 saturated heterocycles. The van der Waals surface area contributed by atoms with E-state index in [0.717, 1.165) is 5.92 Å². The Morgan fingerprint density at radius 1 is 1.27 bits per heavy atom. The highest BCUT2D eigenvalue weighted by atomic mass is 19.1. The summed E-state index contributed by atoms with van der Waals surface area (Å²) in [7, 11) is 0. The van der Waals surface area contributed by atoms with E-state index in [-0.39, 0.29) is 5.82 Å². The zero-order chi connectivity index (χ0) is 7.84. The predicted octanol–water partition coefficient (Wildman–Crippen LogP) is 2.95. The fourth-order valence-electron chi connectivity index (χ4n) is 1.50. The second-order valence-electron chi connectivity index (χ2n) is 3.37. The van der Waals surface area contributed by atoms with Crippen LogP contribution in [0.3, 0.4) is 0 Å². The van der Waals surface area contributed by atoms with Crippen LogP contribution in [0.4, 0.5) is 4.39 Å². The lowest BCUT2D eigenvalue weighted by Crippen LogP contribution is -1.80. The van der Waals surface area contributed by atoms with Crippen LogP contribution in [-0.2, 0) is 0 Å². The molecule has 2 rings (SSSR count). The number of hydrogen-bond donors (Lipinski definition) is 0. The number of benzene rings is 1. The van der Waals surface area contributed by atoms with E-state index < -0.39 is 0 Å². The van der Waals surface area contributed by atoms with Gasteiger partial charge in [0.15, 0.2) is 0 Å². The molecule has 0 heterocycles. The Morgan fingerprint density at radius 2 is 1.82 bits per heavy atom. The number of hydrogen-bond acceptors (Lipinski definition) is 0. The quantitative estimate of drug-likeness (QED) is 0.577. The van der Waals surface area contributed by atoms with Crippen LogP contribution in [0.1, 0.15) is 24.8 Å². The first-order valence-corrected chi connectivity index (χ1v) is 4.03. The Bertz CT molecular complexity index is 250. The van der Waals surface area contributed by atoms with Gasteiger partial charge in [0.2, 0.25) is 0 Å². The molecule has 0 spiro atoms. The summed E-state index contributed by atoms with van der Waals surface area (Å²) in [5, 5.41) is 0. The van der Waals surface area contributed by atoms with Crippen molar-refractivity contribution in [2.45, 2.75) is 19.3 Å². The molecule has 1 aromatic carbocycles. The van der Waals surface area contributed by atoms with E-state index in [2.05, 4.69) is 6.92 Å². The fourth-order valence-corrected chi connectivity index (χ4v) is 1.50. The first-order chi connectivity index (χ1) is 5.27. The van der Waals surface area contributed by atoms with E-state index in [4.69, 9.17) is 0 Å². The fraction of sp³-hybridized carbons (Fsp3) is 0.400. The molecule has 0 aromatic heterocycles. The zero-order valence-electron chi connectivity index (χ0n) is 6.55. The molecule has 1 saturated carbocycles. The normalized spacial score (nSPS) is 28.5. The molecule has 1 heteroatoms. The summed E-state index contributed by atoms with van der Waals surface area (Å²) in [6.07, 6.45) is 1.27. The summed E-state index contributed by atoms with van der Waals surface area (Å²) in [6, 6.07) is 6.87. The molecule has 0 amide bonds. The van der Waals surface area contributed by atoms with Gasteiger partial charge in [-0.1, -0.05) is 19.1 Å². The molecule has 11 heavy (non-hydrogen) atoms. The van der Waals surface area contributed by atoms with Crippen LogP contribution in [0.2, 0.25) is 0 Å². The molecule has 1 aliphatic rings. The van der Waals surface area contributed by atoms with E-state index in [1.807, 2.05) is 12.1 Å². The highest BCUT2D eigenvalue weighted by molar-refractivity contribution is 5.25. The van der Waals surface area contributed by atoms with Crippen LogP contribution in [-0.4, -0.2) is 0 Å². The van der Waals surface area contributed by atoms with Crippen molar-refractivity contribution in [1.82, 2.24) is 0 Å². The average Bonchev–Trinajstić information content (AvgIpc) is 2.69. The van der Waals surface area contributed by atoms with Crippen molar-refractivity contribution in [1.29, 1.82) is 0 Å². The van der Waals surface area contributed by atoms with Crippen LogP contribution < -0.4 is 0 Å². The van der Waals surface area contributed by atoms with Gasteiger partial charge < -0.3 is 0 Å². The third-order valence-electron chi connectivity index (χ3n) is 2.41. The first kappa shape index (κ1) is 6.84. The van der Waals surface area contributed by atoms with E-state index in [1.54, 1.807) is 12.1 Å². The average molecular weight is 150 g/mol. The van der Waals surface area contributed by atoms with Crippen LogP contribution in [0.15, 0.2) is 24.3 Å². The van der Waals surface area contributed by atoms with Crippen molar-refractivity contribution < 1.29 is 4.39 Å². The van der Waals surface area contributed by atoms with Crippen LogP contribution in [0, 0.1) is 11.7 Å². The minimum Gasteiger partial charge on any atom is -0.207 e. The first-order valence-electron chi connectivity index (χ1n) is 4.03. The SMILES string of the molecule is C[C@@H]1CC1c1ccc(F)cc1. The molecule has 1 aromatic rings. The monoisotopic (exact) mass is 150 g/mol. The molecule has 0 nitrogen and oxygen atoms in total. The van der Waals surface area contributed by atoms with Crippen molar-refractivity contribution in [3.8, 4) is 0 Å². The second kappa shape index (κ2) is 2.33. The van der Waals surface area contributed by atoms with Gasteiger partial charge in [-0.15, -0.1) is 0 Å². The number of rotatable bonds is 1. The van der Waals surface area contributed by atoms with E-state index in [0.29, 0.717) is 5.92 Å². The lowest BCUT2D eigenvalue weighted by molar-refractivity contribution is 0.627. The van der Waals surface area contributed by atoms with Crippen molar-refractivity contribution in [3.63, 3.8) is 0 Å². The lowest BCUT2D eigenvalue weighted by atomic mass is 10.1. The van der Waals surface area contributed by atoms with Gasteiger partial charge in [0.05, 0.1) is 0 Å². The Morgan fingerprint density at radius 3 is 2.27 bits per heavy atom. The zero-order valence-corrected chi connectivity index (χ0v) is 6.55. The van der Waals surface area contributed by atoms with Crippen molar-refractivity contribution in [2.24, 2.45) is 5.92 Å². The molecule has 0 bridgehead atoms. The third-order valence-corrected chi connectivity index (χ3v) is 2.41. The second-order valence-corrected chi connectivity index (χ2v) is 3.37. The van der Waals surface area contributed by atoms with Crippen LogP contribution in [0.5, 0.6) is 0 Å². The van der Waals surface area contributed by atoms with E-state index >= 15 is 0 Å². The van der Waals surface area contributed by atoms with Crippen molar-refractivity contribution in [2.75, 3.05) is 0 Å². The third kappa shape index (κ3) is 1.28. The van der Waals surface area contributed by atoms with Gasteiger partial charge >= 0.3 is 0 Å². The largest absolute Gasteiger partial charge is 0.207 e. The predicted molar refractivity (Wildman–Crippen MR) is 42.9 cm³/mol. The van der Waals surface area contributed by atoms with Crippen molar-refractivity contribution >= 4 is 0 Å². The summed E-state index contributed by atoms with van der Waals surface area (Å²) in [5.41, 5.74) is 1.29. The van der Waals surface area contributed by atoms with Gasteiger partial charge in [-0.3, -0.25) is 0 Å². The molecule has 1 unspecified atom stereocenters. The Hall–Kier alpha value is -0.850. The minimum absolute atomic E-state index is 0.137. The molecular formula is C10H11F. The van der Waals surface area contributed by atoms with Gasteiger partial charge in [-0.2, -0.15) is 0 Å². The molecule has 1 fully saturated rings. The summed E-state index contributed by atoms with van der Waals surface area (Å²) < 4.78 is 12.5. The topological polar surface area (TPSA) is 0 Å². The van der Waals surface area contributed by atoms with Crippen molar-refractivity contribution in [3.05, 3.63) is 35.6 Å². The molecule has 0 aliphatic heterocycles. The molecular weight excluding hydrogens is 139 g/mol. The van der Waals surface area contributed by atoms with Gasteiger partial charge in [0.1, 0.15) is 5.82 Å². The maximum absolute atomic E-state index is 12.5. The molecule has 58 valence electrons. The number of halogens is 1. The Kier molecular flexibility index (Phi) is 1.45. The highest BCUT2D eigenvalue weighted by Crippen LogP contribution is 2.46. The molecule has 0 N–H and O–H groups in total. The smallest absolute Gasteiger partial charge is 0.123 e. The van der Waals surface area contributed by atoms with E-state index in [1.165, 1.54) is 12.0 Å². The summed E-state index contributed by atoms with van der Waals surface area (Å²) in [5.74, 6) is 1.37. The van der Waals surface area contributed by atoms with Gasteiger partial charge in [-0.05, 0) is 36.0 Å². The van der Waals surface area contributed by atoms with Crippen LogP contribution in [0.25, 0.3) is 0 Å². The standard InChI is InChI=1S/C10H11F/c1-7-6-10(7)8-2-4-9(11)5-3-8/h2-5,7,10H,6H2,1H3/t7-,10?/m1/s1. The van der Waals surface area contributed by atoms with Gasteiger partial charge in [0, 0.05) is 0 Å². The molecule has 2 atom stereocenters. The summed E-state index contributed by atoms with van der Waals surface area (Å²) in [4.78, 5) is 0. The van der Waals surface area contributed by atoms with Gasteiger partial charge in [0.25, 0.3) is 0 Å². The summed E-state index contributed by atoms with van der Waals surface area (Å²) in [6.45, 7) is 2.23. The Balaban J connectivity index is 2.21. The maximum atomic E-state index is 12.5. The lowest BCUT2D eigenvalue weighted by Gasteiger charge is -1.96. The molecule has 1 aliphatic carbocycles. The van der Waals surface area contributed by atoms with Gasteiger partial charge in [-0.25, -0.2) is 4.39 Å².